The topological polar surface area (TPSA) is 43.7 Å². The Morgan fingerprint density at radius 1 is 1.00 bits per heavy atom. The molecule has 0 fully saturated rings. The summed E-state index contributed by atoms with van der Waals surface area (Å²) in [7, 11) is 0. The molecule has 0 amide bonds. The maximum absolute atomic E-state index is 5.67. The van der Waals surface area contributed by atoms with E-state index in [0.717, 1.165) is 47.7 Å². The Bertz CT molecular complexity index is 776. The Morgan fingerprint density at radius 2 is 1.84 bits per heavy atom. The zero-order valence-electron chi connectivity index (χ0n) is 13.7. The first kappa shape index (κ1) is 19.3. The molecule has 3 heterocycles. The summed E-state index contributed by atoms with van der Waals surface area (Å²) in [4.78, 5) is 8.93. The van der Waals surface area contributed by atoms with Crippen LogP contribution in [0.3, 0.4) is 0 Å². The number of ether oxygens (including phenoxy) is 2. The van der Waals surface area contributed by atoms with Crippen molar-refractivity contribution in [1.82, 2.24) is 4.98 Å². The molecule has 0 atom stereocenters. The number of hydrogen-bond acceptors (Lipinski definition) is 4. The quantitative estimate of drug-likeness (QED) is 0.779. The van der Waals surface area contributed by atoms with Crippen LogP contribution in [0.15, 0.2) is 53.3 Å². The van der Waals surface area contributed by atoms with E-state index in [1.54, 1.807) is 6.20 Å². The lowest BCUT2D eigenvalue weighted by Crippen LogP contribution is -2.15. The highest BCUT2D eigenvalue weighted by atomic mass is 35.5. The minimum Gasteiger partial charge on any atom is -0.486 e. The largest absolute Gasteiger partial charge is 0.486 e. The summed E-state index contributed by atoms with van der Waals surface area (Å²) in [6, 6.07) is 10.1. The number of pyridine rings is 1. The standard InChI is InChI=1S/C19H18N2O2.2ClH/c1-4-16(13-20-7-1)19-15(3-2-8-21-19)11-14-5-6-17-18(12-14)23-10-9-22-17;;/h1,4-7,11-13H,2-3,8-10H2;2*1H. The van der Waals surface area contributed by atoms with E-state index in [4.69, 9.17) is 14.5 Å². The number of nitrogens with zero attached hydrogens (tertiary/aromatic N) is 2. The zero-order chi connectivity index (χ0) is 15.5. The number of halogens is 2. The molecule has 2 aromatic rings. The second kappa shape index (κ2) is 8.88. The molecule has 4 nitrogen and oxygen atoms in total. The van der Waals surface area contributed by atoms with Crippen LogP contribution in [0, 0.1) is 0 Å². The summed E-state index contributed by atoms with van der Waals surface area (Å²) in [5, 5.41) is 0. The van der Waals surface area contributed by atoms with Crippen molar-refractivity contribution < 1.29 is 9.47 Å². The Labute approximate surface area is 159 Å². The molecule has 1 aromatic carbocycles. The van der Waals surface area contributed by atoms with Gasteiger partial charge in [0, 0.05) is 24.5 Å². The molecule has 0 aliphatic carbocycles. The van der Waals surface area contributed by atoms with Crippen LogP contribution in [-0.2, 0) is 0 Å². The molecule has 0 saturated carbocycles. The van der Waals surface area contributed by atoms with Gasteiger partial charge in [-0.1, -0.05) is 6.07 Å². The molecule has 132 valence electrons. The fourth-order valence-electron chi connectivity index (χ4n) is 2.95. The van der Waals surface area contributed by atoms with Crippen LogP contribution in [0.25, 0.3) is 6.08 Å². The maximum Gasteiger partial charge on any atom is 0.161 e. The van der Waals surface area contributed by atoms with Gasteiger partial charge in [-0.15, -0.1) is 24.8 Å². The van der Waals surface area contributed by atoms with Crippen LogP contribution in [-0.4, -0.2) is 30.5 Å². The van der Waals surface area contributed by atoms with Crippen molar-refractivity contribution in [3.05, 3.63) is 59.4 Å². The zero-order valence-corrected chi connectivity index (χ0v) is 15.3. The van der Waals surface area contributed by atoms with Gasteiger partial charge in [0.05, 0.1) is 5.71 Å². The number of allylic oxidation sites excluding steroid dienone is 1. The van der Waals surface area contributed by atoms with Gasteiger partial charge in [-0.2, -0.15) is 0 Å². The van der Waals surface area contributed by atoms with Gasteiger partial charge < -0.3 is 9.47 Å². The molecule has 6 heteroatoms. The van der Waals surface area contributed by atoms with E-state index in [-0.39, 0.29) is 24.8 Å². The van der Waals surface area contributed by atoms with Gasteiger partial charge in [-0.25, -0.2) is 0 Å². The van der Waals surface area contributed by atoms with Crippen molar-refractivity contribution in [1.29, 1.82) is 0 Å². The van der Waals surface area contributed by atoms with Gasteiger partial charge in [0.25, 0.3) is 0 Å². The molecule has 1 aromatic heterocycles. The lowest BCUT2D eigenvalue weighted by molar-refractivity contribution is 0.171. The van der Waals surface area contributed by atoms with Crippen molar-refractivity contribution in [2.24, 2.45) is 4.99 Å². The predicted octanol–water partition coefficient (Wildman–Crippen LogP) is 4.36. The monoisotopic (exact) mass is 378 g/mol. The van der Waals surface area contributed by atoms with E-state index in [2.05, 4.69) is 23.2 Å². The summed E-state index contributed by atoms with van der Waals surface area (Å²) in [5.41, 5.74) is 4.50. The molecular weight excluding hydrogens is 359 g/mol. The minimum atomic E-state index is 0. The van der Waals surface area contributed by atoms with Crippen LogP contribution in [0.1, 0.15) is 24.0 Å². The summed E-state index contributed by atoms with van der Waals surface area (Å²) in [6.07, 6.45) is 7.98. The molecule has 0 unspecified atom stereocenters. The molecule has 0 bridgehead atoms. The van der Waals surface area contributed by atoms with Gasteiger partial charge in [0.2, 0.25) is 0 Å². The van der Waals surface area contributed by atoms with E-state index < -0.39 is 0 Å². The molecule has 4 rings (SSSR count). The third-order valence-corrected chi connectivity index (χ3v) is 4.02. The fraction of sp³-hybridized carbons (Fsp3) is 0.263. The van der Waals surface area contributed by atoms with Gasteiger partial charge in [-0.3, -0.25) is 9.98 Å². The molecule has 0 saturated heterocycles. The van der Waals surface area contributed by atoms with Crippen LogP contribution in [0.2, 0.25) is 0 Å². The first-order valence-electron chi connectivity index (χ1n) is 7.95. The van der Waals surface area contributed by atoms with E-state index in [0.29, 0.717) is 13.2 Å². The van der Waals surface area contributed by atoms with Gasteiger partial charge in [-0.05, 0) is 54.3 Å². The number of fused-ring (bicyclic) bond motifs is 1. The third kappa shape index (κ3) is 4.33. The molecule has 0 N–H and O–H groups in total. The second-order valence-corrected chi connectivity index (χ2v) is 5.65. The van der Waals surface area contributed by atoms with Crippen LogP contribution < -0.4 is 9.47 Å². The van der Waals surface area contributed by atoms with Gasteiger partial charge >= 0.3 is 0 Å². The van der Waals surface area contributed by atoms with Crippen LogP contribution in [0.5, 0.6) is 11.5 Å². The Balaban J connectivity index is 0.00000113. The van der Waals surface area contributed by atoms with Gasteiger partial charge in [0.15, 0.2) is 11.5 Å². The van der Waals surface area contributed by atoms with Crippen LogP contribution in [0.4, 0.5) is 0 Å². The molecule has 25 heavy (non-hydrogen) atoms. The summed E-state index contributed by atoms with van der Waals surface area (Å²) >= 11 is 0. The second-order valence-electron chi connectivity index (χ2n) is 5.65. The fourth-order valence-corrected chi connectivity index (χ4v) is 2.95. The number of aliphatic imine (C=N–C) groups is 1. The summed E-state index contributed by atoms with van der Waals surface area (Å²) in [6.45, 7) is 2.10. The van der Waals surface area contributed by atoms with Crippen molar-refractivity contribution in [2.45, 2.75) is 12.8 Å². The first-order valence-corrected chi connectivity index (χ1v) is 7.95. The molecule has 2 aliphatic rings. The van der Waals surface area contributed by atoms with Gasteiger partial charge in [0.1, 0.15) is 13.2 Å². The Kier molecular flexibility index (Phi) is 6.85. The number of aromatic nitrogens is 1. The molecule has 0 radical (unpaired) electrons. The Morgan fingerprint density at radius 3 is 2.64 bits per heavy atom. The average Bonchev–Trinajstić information content (AvgIpc) is 2.63. The highest BCUT2D eigenvalue weighted by molar-refractivity contribution is 6.15. The summed E-state index contributed by atoms with van der Waals surface area (Å²) < 4.78 is 11.3. The first-order chi connectivity index (χ1) is 11.4. The maximum atomic E-state index is 5.67. The normalized spacial score (nSPS) is 17.1. The van der Waals surface area contributed by atoms with E-state index in [1.165, 1.54) is 5.57 Å². The third-order valence-electron chi connectivity index (χ3n) is 4.02. The van der Waals surface area contributed by atoms with Crippen molar-refractivity contribution in [2.75, 3.05) is 19.8 Å². The van der Waals surface area contributed by atoms with Crippen LogP contribution >= 0.6 is 24.8 Å². The molecular formula is C19H20Cl2N2O2. The predicted molar refractivity (Wildman–Crippen MR) is 105 cm³/mol. The highest BCUT2D eigenvalue weighted by Crippen LogP contribution is 2.32. The van der Waals surface area contributed by atoms with Crippen molar-refractivity contribution in [3.63, 3.8) is 0 Å². The number of rotatable bonds is 2. The SMILES string of the molecule is C(=C1CCCN=C1c1cccnc1)c1ccc2c(c1)OCCO2.Cl.Cl. The van der Waals surface area contributed by atoms with E-state index in [1.807, 2.05) is 24.4 Å². The lowest BCUT2D eigenvalue weighted by atomic mass is 9.95. The lowest BCUT2D eigenvalue weighted by Gasteiger charge is -2.19. The van der Waals surface area contributed by atoms with E-state index in [9.17, 15) is 0 Å². The van der Waals surface area contributed by atoms with E-state index >= 15 is 0 Å². The Hall–Kier alpha value is -2.04. The number of hydrogen-bond donors (Lipinski definition) is 0. The van der Waals surface area contributed by atoms with Crippen molar-refractivity contribution >= 4 is 36.6 Å². The highest BCUT2D eigenvalue weighted by Gasteiger charge is 2.15. The average molecular weight is 379 g/mol. The number of benzene rings is 1. The molecule has 2 aliphatic heterocycles. The minimum absolute atomic E-state index is 0. The smallest absolute Gasteiger partial charge is 0.161 e. The summed E-state index contributed by atoms with van der Waals surface area (Å²) in [5.74, 6) is 1.64. The van der Waals surface area contributed by atoms with Crippen molar-refractivity contribution in [3.8, 4) is 11.5 Å². The molecule has 0 spiro atoms.